The zero-order valence-corrected chi connectivity index (χ0v) is 19.7. The van der Waals surface area contributed by atoms with Gasteiger partial charge < -0.3 is 14.8 Å². The van der Waals surface area contributed by atoms with Crippen molar-refractivity contribution in [2.75, 3.05) is 12.4 Å². The van der Waals surface area contributed by atoms with Crippen LogP contribution in [-0.2, 0) is 16.1 Å². The number of fused-ring (bicyclic) bond motifs is 1. The number of anilines is 1. The van der Waals surface area contributed by atoms with E-state index in [1.165, 1.54) is 32.2 Å². The van der Waals surface area contributed by atoms with Gasteiger partial charge in [-0.2, -0.15) is 0 Å². The summed E-state index contributed by atoms with van der Waals surface area (Å²) in [5, 5.41) is 3.03. The van der Waals surface area contributed by atoms with Gasteiger partial charge in [0.25, 0.3) is 17.7 Å². The van der Waals surface area contributed by atoms with Crippen LogP contribution in [0.2, 0.25) is 5.02 Å². The molecule has 0 aromatic heterocycles. The molecule has 9 heteroatoms. The molecule has 3 amide bonds. The molecule has 178 valence electrons. The first-order valence-electron chi connectivity index (χ1n) is 10.7. The van der Waals surface area contributed by atoms with Crippen LogP contribution in [0.5, 0.6) is 5.75 Å². The molecule has 1 N–H and O–H groups in total. The van der Waals surface area contributed by atoms with Crippen LogP contribution < -0.4 is 10.1 Å². The highest BCUT2D eigenvalue weighted by molar-refractivity contribution is 6.31. The average molecular weight is 493 g/mol. The van der Waals surface area contributed by atoms with Crippen LogP contribution in [0, 0.1) is 0 Å². The summed E-state index contributed by atoms with van der Waals surface area (Å²) in [6.07, 6.45) is -1.12. The minimum atomic E-state index is -1.12. The van der Waals surface area contributed by atoms with Gasteiger partial charge in [-0.25, -0.2) is 4.79 Å². The van der Waals surface area contributed by atoms with Crippen molar-refractivity contribution in [2.24, 2.45) is 0 Å². The minimum absolute atomic E-state index is 0.00192. The third-order valence-electron chi connectivity index (χ3n) is 5.45. The van der Waals surface area contributed by atoms with Gasteiger partial charge in [-0.1, -0.05) is 35.9 Å². The Bertz CT molecular complexity index is 1300. The van der Waals surface area contributed by atoms with Crippen molar-refractivity contribution in [3.05, 3.63) is 94.0 Å². The van der Waals surface area contributed by atoms with Gasteiger partial charge in [0.2, 0.25) is 0 Å². The lowest BCUT2D eigenvalue weighted by Gasteiger charge is -2.16. The standard InChI is InChI=1S/C26H21ClN2O6/c1-15(23(30)28-21-13-18(27)10-11-22(21)34-2)35-26(33)17-7-5-6-16(12-17)14-29-24(31)19-8-3-4-9-20(19)25(29)32/h3-13,15H,14H2,1-2H3,(H,28,30). The molecule has 0 spiro atoms. The fourth-order valence-corrected chi connectivity index (χ4v) is 3.83. The number of rotatable bonds is 7. The molecule has 1 aliphatic heterocycles. The van der Waals surface area contributed by atoms with Gasteiger partial charge >= 0.3 is 5.97 Å². The van der Waals surface area contributed by atoms with Crippen LogP contribution in [0.4, 0.5) is 5.69 Å². The first-order valence-corrected chi connectivity index (χ1v) is 11.1. The van der Waals surface area contributed by atoms with Gasteiger partial charge in [0.15, 0.2) is 6.10 Å². The van der Waals surface area contributed by atoms with Crippen LogP contribution in [0.3, 0.4) is 0 Å². The predicted molar refractivity (Wildman–Crippen MR) is 129 cm³/mol. The molecule has 0 bridgehead atoms. The average Bonchev–Trinajstić information content (AvgIpc) is 3.09. The monoisotopic (exact) mass is 492 g/mol. The normalized spacial score (nSPS) is 13.3. The molecular weight excluding hydrogens is 472 g/mol. The number of ether oxygens (including phenoxy) is 2. The fraction of sp³-hybridized carbons (Fsp3) is 0.154. The van der Waals surface area contributed by atoms with Crippen LogP contribution in [0.1, 0.15) is 43.6 Å². The molecule has 0 radical (unpaired) electrons. The molecule has 4 rings (SSSR count). The third kappa shape index (κ3) is 5.02. The van der Waals surface area contributed by atoms with Gasteiger partial charge in [0.05, 0.1) is 36.0 Å². The van der Waals surface area contributed by atoms with E-state index in [0.29, 0.717) is 33.1 Å². The summed E-state index contributed by atoms with van der Waals surface area (Å²) in [5.41, 5.74) is 1.79. The summed E-state index contributed by atoms with van der Waals surface area (Å²) in [5.74, 6) is -1.67. The van der Waals surface area contributed by atoms with Gasteiger partial charge in [-0.15, -0.1) is 0 Å². The molecule has 1 heterocycles. The fourth-order valence-electron chi connectivity index (χ4n) is 3.66. The molecule has 1 atom stereocenters. The highest BCUT2D eigenvalue weighted by Crippen LogP contribution is 2.28. The molecule has 0 saturated carbocycles. The Morgan fingerprint density at radius 2 is 1.66 bits per heavy atom. The minimum Gasteiger partial charge on any atom is -0.495 e. The Morgan fingerprint density at radius 1 is 0.971 bits per heavy atom. The molecular formula is C26H21ClN2O6. The van der Waals surface area contributed by atoms with Crippen molar-refractivity contribution in [1.29, 1.82) is 0 Å². The smallest absolute Gasteiger partial charge is 0.338 e. The van der Waals surface area contributed by atoms with E-state index in [1.54, 1.807) is 48.5 Å². The first-order chi connectivity index (χ1) is 16.8. The molecule has 1 aliphatic rings. The Morgan fingerprint density at radius 3 is 2.31 bits per heavy atom. The quantitative estimate of drug-likeness (QED) is 0.389. The van der Waals surface area contributed by atoms with Crippen molar-refractivity contribution in [3.8, 4) is 5.75 Å². The van der Waals surface area contributed by atoms with Crippen LogP contribution in [-0.4, -0.2) is 41.8 Å². The number of nitrogens with zero attached hydrogens (tertiary/aromatic N) is 1. The number of hydrogen-bond acceptors (Lipinski definition) is 6. The number of hydrogen-bond donors (Lipinski definition) is 1. The number of carbonyl (C=O) groups is 4. The Labute approximate surface area is 206 Å². The van der Waals surface area contributed by atoms with Crippen molar-refractivity contribution < 1.29 is 28.7 Å². The van der Waals surface area contributed by atoms with E-state index < -0.39 is 18.0 Å². The summed E-state index contributed by atoms with van der Waals surface area (Å²) < 4.78 is 10.5. The number of methoxy groups -OCH3 is 1. The molecule has 0 fully saturated rings. The Hall–Kier alpha value is -4.17. The number of halogens is 1. The second-order valence-electron chi connectivity index (χ2n) is 7.82. The van der Waals surface area contributed by atoms with Crippen LogP contribution in [0.25, 0.3) is 0 Å². The lowest BCUT2D eigenvalue weighted by atomic mass is 10.1. The number of imide groups is 1. The molecule has 35 heavy (non-hydrogen) atoms. The van der Waals surface area contributed by atoms with Crippen LogP contribution >= 0.6 is 11.6 Å². The third-order valence-corrected chi connectivity index (χ3v) is 5.69. The van der Waals surface area contributed by atoms with Gasteiger partial charge in [0.1, 0.15) is 5.75 Å². The molecule has 0 saturated heterocycles. The first kappa shape index (κ1) is 24.0. The topological polar surface area (TPSA) is 102 Å². The van der Waals surface area contributed by atoms with E-state index in [0.717, 1.165) is 4.90 Å². The van der Waals surface area contributed by atoms with E-state index in [1.807, 2.05) is 0 Å². The van der Waals surface area contributed by atoms with Crippen LogP contribution in [0.15, 0.2) is 66.7 Å². The summed E-state index contributed by atoms with van der Waals surface area (Å²) in [7, 11) is 1.46. The van der Waals surface area contributed by atoms with Gasteiger partial charge in [-0.3, -0.25) is 19.3 Å². The molecule has 3 aromatic rings. The molecule has 1 unspecified atom stereocenters. The largest absolute Gasteiger partial charge is 0.495 e. The van der Waals surface area contributed by atoms with Crippen molar-refractivity contribution in [1.82, 2.24) is 4.90 Å². The maximum atomic E-state index is 12.7. The number of nitrogens with one attached hydrogen (secondary N) is 1. The maximum Gasteiger partial charge on any atom is 0.338 e. The van der Waals surface area contributed by atoms with Gasteiger partial charge in [0, 0.05) is 5.02 Å². The molecule has 3 aromatic carbocycles. The number of esters is 1. The number of carbonyl (C=O) groups excluding carboxylic acids is 4. The summed E-state index contributed by atoms with van der Waals surface area (Å²) >= 11 is 5.98. The highest BCUT2D eigenvalue weighted by atomic mass is 35.5. The van der Waals surface area contributed by atoms with E-state index in [9.17, 15) is 19.2 Å². The zero-order valence-electron chi connectivity index (χ0n) is 18.9. The lowest BCUT2D eigenvalue weighted by molar-refractivity contribution is -0.123. The second kappa shape index (κ2) is 9.99. The van der Waals surface area contributed by atoms with E-state index in [-0.39, 0.29) is 23.9 Å². The SMILES string of the molecule is COc1ccc(Cl)cc1NC(=O)C(C)OC(=O)c1cccc(CN2C(=O)c3ccccc3C2=O)c1. The maximum absolute atomic E-state index is 12.7. The Balaban J connectivity index is 1.42. The highest BCUT2D eigenvalue weighted by Gasteiger charge is 2.35. The van der Waals surface area contributed by atoms with Crippen molar-refractivity contribution in [2.45, 2.75) is 19.6 Å². The van der Waals surface area contributed by atoms with E-state index in [2.05, 4.69) is 5.32 Å². The summed E-state index contributed by atoms with van der Waals surface area (Å²) in [6.45, 7) is 1.44. The van der Waals surface area contributed by atoms with Gasteiger partial charge in [-0.05, 0) is 55.0 Å². The molecule has 8 nitrogen and oxygen atoms in total. The second-order valence-corrected chi connectivity index (χ2v) is 8.26. The number of benzene rings is 3. The summed E-state index contributed by atoms with van der Waals surface area (Å²) in [6, 6.07) is 17.7. The Kier molecular flexibility index (Phi) is 6.84. The summed E-state index contributed by atoms with van der Waals surface area (Å²) in [4.78, 5) is 51.6. The lowest BCUT2D eigenvalue weighted by Crippen LogP contribution is -2.30. The van der Waals surface area contributed by atoms with Crippen molar-refractivity contribution >= 4 is 41.0 Å². The molecule has 0 aliphatic carbocycles. The number of amides is 3. The van der Waals surface area contributed by atoms with E-state index in [4.69, 9.17) is 21.1 Å². The van der Waals surface area contributed by atoms with E-state index >= 15 is 0 Å². The zero-order chi connectivity index (χ0) is 25.1. The van der Waals surface area contributed by atoms with Crippen molar-refractivity contribution in [3.63, 3.8) is 0 Å². The predicted octanol–water partition coefficient (Wildman–Crippen LogP) is 4.33.